The Morgan fingerprint density at radius 1 is 1.47 bits per heavy atom. The Balaban J connectivity index is 2.68. The van der Waals surface area contributed by atoms with Crippen molar-refractivity contribution in [3.05, 3.63) is 24.4 Å². The molecule has 2 atom stereocenters. The van der Waals surface area contributed by atoms with Crippen LogP contribution in [0.5, 0.6) is 0 Å². The number of hydrazone groups is 1. The molecule has 0 aliphatic carbocycles. The summed E-state index contributed by atoms with van der Waals surface area (Å²) in [6.45, 7) is 3.98. The number of carbonyl (C=O) groups is 1. The maximum Gasteiger partial charge on any atom is 0.263 e. The highest BCUT2D eigenvalue weighted by molar-refractivity contribution is 5.84. The molecule has 0 aromatic carbocycles. The molecule has 1 aliphatic rings. The molecule has 2 N–H and O–H groups in total. The van der Waals surface area contributed by atoms with Gasteiger partial charge in [0.05, 0.1) is 6.04 Å². The molecule has 1 aliphatic heterocycles. The van der Waals surface area contributed by atoms with E-state index in [4.69, 9.17) is 5.73 Å². The summed E-state index contributed by atoms with van der Waals surface area (Å²) in [7, 11) is 0. The van der Waals surface area contributed by atoms with Gasteiger partial charge in [-0.1, -0.05) is 26.3 Å². The quantitative estimate of drug-likeness (QED) is 0.757. The molecule has 1 heterocycles. The van der Waals surface area contributed by atoms with E-state index < -0.39 is 6.04 Å². The minimum Gasteiger partial charge on any atom is -0.320 e. The van der Waals surface area contributed by atoms with E-state index in [-0.39, 0.29) is 11.8 Å². The van der Waals surface area contributed by atoms with Crippen LogP contribution in [0.2, 0.25) is 0 Å². The van der Waals surface area contributed by atoms with Crippen LogP contribution in [0.4, 0.5) is 0 Å². The molecule has 0 saturated carbocycles. The van der Waals surface area contributed by atoms with Gasteiger partial charge >= 0.3 is 0 Å². The normalized spacial score (nSPS) is 18.7. The molecule has 0 radical (unpaired) electrons. The lowest BCUT2D eigenvalue weighted by atomic mass is 9.99. The van der Waals surface area contributed by atoms with Crippen molar-refractivity contribution in [1.82, 2.24) is 5.01 Å². The van der Waals surface area contributed by atoms with Crippen LogP contribution >= 0.6 is 0 Å². The zero-order valence-corrected chi connectivity index (χ0v) is 9.13. The van der Waals surface area contributed by atoms with E-state index in [2.05, 4.69) is 5.10 Å². The predicted molar refractivity (Wildman–Crippen MR) is 61.0 cm³/mol. The minimum atomic E-state index is -0.491. The Bertz CT molecular complexity index is 291. The number of carbonyl (C=O) groups excluding carboxylic acids is 1. The van der Waals surface area contributed by atoms with Crippen molar-refractivity contribution in [3.63, 3.8) is 0 Å². The zero-order valence-electron chi connectivity index (χ0n) is 9.13. The monoisotopic (exact) mass is 207 g/mol. The van der Waals surface area contributed by atoms with Crippen LogP contribution in [0.1, 0.15) is 20.3 Å². The van der Waals surface area contributed by atoms with E-state index in [9.17, 15) is 4.79 Å². The summed E-state index contributed by atoms with van der Waals surface area (Å²) in [5.74, 6) is -0.00198. The van der Waals surface area contributed by atoms with Crippen LogP contribution in [0, 0.1) is 5.92 Å². The smallest absolute Gasteiger partial charge is 0.263 e. The van der Waals surface area contributed by atoms with Gasteiger partial charge in [-0.15, -0.1) is 0 Å². The number of allylic oxidation sites excluding steroid dienone is 3. The lowest BCUT2D eigenvalue weighted by Gasteiger charge is -2.21. The third kappa shape index (κ3) is 3.02. The van der Waals surface area contributed by atoms with Crippen molar-refractivity contribution in [2.75, 3.05) is 0 Å². The molecule has 1 amide bonds. The summed E-state index contributed by atoms with van der Waals surface area (Å²) in [5, 5.41) is 5.25. The van der Waals surface area contributed by atoms with Crippen LogP contribution in [-0.4, -0.2) is 23.2 Å². The highest BCUT2D eigenvalue weighted by Crippen LogP contribution is 2.09. The van der Waals surface area contributed by atoms with Gasteiger partial charge in [-0.2, -0.15) is 5.10 Å². The van der Waals surface area contributed by atoms with Crippen molar-refractivity contribution < 1.29 is 4.79 Å². The summed E-state index contributed by atoms with van der Waals surface area (Å²) in [6, 6.07) is -0.491. The van der Waals surface area contributed by atoms with Gasteiger partial charge in [0.1, 0.15) is 0 Å². The second-order valence-corrected chi connectivity index (χ2v) is 3.59. The molecule has 0 aromatic heterocycles. The van der Waals surface area contributed by atoms with Gasteiger partial charge in [0, 0.05) is 12.4 Å². The maximum atomic E-state index is 11.9. The fourth-order valence-corrected chi connectivity index (χ4v) is 1.17. The van der Waals surface area contributed by atoms with Crippen molar-refractivity contribution in [1.29, 1.82) is 0 Å². The fourth-order valence-electron chi connectivity index (χ4n) is 1.17. The number of hydrogen-bond acceptors (Lipinski definition) is 3. The highest BCUT2D eigenvalue weighted by Gasteiger charge is 2.23. The van der Waals surface area contributed by atoms with Crippen LogP contribution < -0.4 is 5.73 Å². The molecule has 0 fully saturated rings. The Labute approximate surface area is 90.1 Å². The Morgan fingerprint density at radius 2 is 2.20 bits per heavy atom. The average molecular weight is 207 g/mol. The van der Waals surface area contributed by atoms with E-state index in [1.165, 1.54) is 5.01 Å². The summed E-state index contributed by atoms with van der Waals surface area (Å²) in [5.41, 5.74) is 5.83. The molecule has 0 bridgehead atoms. The van der Waals surface area contributed by atoms with Gasteiger partial charge in [0.25, 0.3) is 5.91 Å². The molecule has 15 heavy (non-hydrogen) atoms. The van der Waals surface area contributed by atoms with Gasteiger partial charge in [-0.25, -0.2) is 5.01 Å². The van der Waals surface area contributed by atoms with Gasteiger partial charge < -0.3 is 5.73 Å². The predicted octanol–water partition coefficient (Wildman–Crippen LogP) is 1.26. The van der Waals surface area contributed by atoms with Crippen LogP contribution in [-0.2, 0) is 4.79 Å². The summed E-state index contributed by atoms with van der Waals surface area (Å²) >= 11 is 0. The molecule has 0 spiro atoms. The number of rotatable bonds is 3. The molecular formula is C11H17N3O. The Morgan fingerprint density at radius 3 is 2.87 bits per heavy atom. The first kappa shape index (κ1) is 11.7. The first-order valence-electron chi connectivity index (χ1n) is 5.13. The van der Waals surface area contributed by atoms with Crippen LogP contribution in [0.15, 0.2) is 29.5 Å². The van der Waals surface area contributed by atoms with Crippen molar-refractivity contribution in [2.45, 2.75) is 26.3 Å². The van der Waals surface area contributed by atoms with Gasteiger partial charge in [-0.05, 0) is 18.1 Å². The number of nitrogens with two attached hydrogens (primary N) is 1. The van der Waals surface area contributed by atoms with E-state index >= 15 is 0 Å². The van der Waals surface area contributed by atoms with E-state index in [1.807, 2.05) is 19.9 Å². The van der Waals surface area contributed by atoms with Gasteiger partial charge in [0.2, 0.25) is 0 Å². The number of hydrogen-bond donors (Lipinski definition) is 1. The lowest BCUT2D eigenvalue weighted by Crippen LogP contribution is -2.43. The van der Waals surface area contributed by atoms with Gasteiger partial charge in [0.15, 0.2) is 0 Å². The largest absolute Gasteiger partial charge is 0.320 e. The third-order valence-electron chi connectivity index (χ3n) is 2.49. The fraction of sp³-hybridized carbons (Fsp3) is 0.455. The maximum absolute atomic E-state index is 11.9. The second-order valence-electron chi connectivity index (χ2n) is 3.59. The van der Waals surface area contributed by atoms with Crippen LogP contribution in [0.3, 0.4) is 0 Å². The second kappa shape index (κ2) is 5.46. The molecule has 82 valence electrons. The molecule has 1 rings (SSSR count). The highest BCUT2D eigenvalue weighted by atomic mass is 16.2. The van der Waals surface area contributed by atoms with E-state index in [1.54, 1.807) is 24.6 Å². The Hall–Kier alpha value is -1.42. The molecule has 0 saturated heterocycles. The van der Waals surface area contributed by atoms with Crippen molar-refractivity contribution >= 4 is 12.1 Å². The molecule has 0 aromatic rings. The lowest BCUT2D eigenvalue weighted by molar-refractivity contribution is -0.131. The molecular weight excluding hydrogens is 190 g/mol. The topological polar surface area (TPSA) is 58.7 Å². The van der Waals surface area contributed by atoms with E-state index in [0.717, 1.165) is 6.42 Å². The molecule has 4 heteroatoms. The van der Waals surface area contributed by atoms with Gasteiger partial charge in [-0.3, -0.25) is 4.79 Å². The summed E-state index contributed by atoms with van der Waals surface area (Å²) < 4.78 is 0. The summed E-state index contributed by atoms with van der Waals surface area (Å²) in [6.07, 6.45) is 9.40. The zero-order chi connectivity index (χ0) is 11.3. The third-order valence-corrected chi connectivity index (χ3v) is 2.49. The summed E-state index contributed by atoms with van der Waals surface area (Å²) in [4.78, 5) is 11.9. The number of nitrogens with zero attached hydrogens (tertiary/aromatic N) is 2. The first-order valence-corrected chi connectivity index (χ1v) is 5.13. The number of amides is 1. The SMILES string of the molecule is CC[C@H](C)[C@H](N)C(=O)N1C=CC=CC=N1. The Kier molecular flexibility index (Phi) is 4.24. The minimum absolute atomic E-state index is 0.164. The molecule has 4 nitrogen and oxygen atoms in total. The first-order chi connectivity index (χ1) is 7.16. The van der Waals surface area contributed by atoms with Crippen LogP contribution in [0.25, 0.3) is 0 Å². The average Bonchev–Trinajstić information content (AvgIpc) is 2.54. The van der Waals surface area contributed by atoms with Crippen molar-refractivity contribution in [3.8, 4) is 0 Å². The van der Waals surface area contributed by atoms with E-state index in [0.29, 0.717) is 0 Å². The molecule has 0 unspecified atom stereocenters. The standard InChI is InChI=1S/C11H17N3O/c1-3-9(2)10(12)11(15)14-8-6-4-5-7-13-14/h4-10H,3,12H2,1-2H3/t9-,10-/m0/s1. The van der Waals surface area contributed by atoms with Crippen molar-refractivity contribution in [2.24, 2.45) is 16.8 Å².